The van der Waals surface area contributed by atoms with Crippen LogP contribution < -0.4 is 5.32 Å². The molecule has 0 spiro atoms. The summed E-state index contributed by atoms with van der Waals surface area (Å²) in [5.74, 6) is -1.05. The van der Waals surface area contributed by atoms with Crippen LogP contribution in [-0.2, 0) is 4.79 Å². The van der Waals surface area contributed by atoms with E-state index in [2.05, 4.69) is 17.3 Å². The van der Waals surface area contributed by atoms with Crippen molar-refractivity contribution < 1.29 is 14.7 Å². The number of amides is 2. The van der Waals surface area contributed by atoms with Gasteiger partial charge < -0.3 is 20.2 Å². The van der Waals surface area contributed by atoms with Crippen molar-refractivity contribution in [3.63, 3.8) is 0 Å². The molecule has 1 aliphatic carbocycles. The number of carbonyl (C=O) groups excluding carboxylic acids is 1. The van der Waals surface area contributed by atoms with Crippen molar-refractivity contribution in [2.45, 2.75) is 44.2 Å². The maximum atomic E-state index is 12.2. The lowest BCUT2D eigenvalue weighted by Gasteiger charge is -2.36. The molecule has 2 amide bonds. The summed E-state index contributed by atoms with van der Waals surface area (Å²) in [6.07, 6.45) is 4.14. The highest BCUT2D eigenvalue weighted by molar-refractivity contribution is 5.75. The van der Waals surface area contributed by atoms with Crippen LogP contribution in [0, 0.1) is 5.92 Å². The summed E-state index contributed by atoms with van der Waals surface area (Å²) in [6.45, 7) is 2.00. The number of hydrogen-bond donors (Lipinski definition) is 2. The predicted octanol–water partition coefficient (Wildman–Crippen LogP) is 0.975. The van der Waals surface area contributed by atoms with Crippen molar-refractivity contribution >= 4 is 12.0 Å². The molecule has 1 saturated heterocycles. The van der Waals surface area contributed by atoms with Crippen molar-refractivity contribution in [1.29, 1.82) is 0 Å². The Balaban J connectivity index is 1.81. The Labute approximate surface area is 120 Å². The molecule has 0 aromatic rings. The molecule has 6 nitrogen and oxygen atoms in total. The monoisotopic (exact) mass is 283 g/mol. The summed E-state index contributed by atoms with van der Waals surface area (Å²) in [4.78, 5) is 27.2. The molecular weight excluding hydrogens is 258 g/mol. The van der Waals surface area contributed by atoms with E-state index in [4.69, 9.17) is 5.11 Å². The quantitative estimate of drug-likeness (QED) is 0.809. The van der Waals surface area contributed by atoms with Gasteiger partial charge in [-0.25, -0.2) is 4.79 Å². The fraction of sp³-hybridized carbons (Fsp3) is 0.857. The number of hydrogen-bond acceptors (Lipinski definition) is 3. The van der Waals surface area contributed by atoms with Crippen molar-refractivity contribution in [3.8, 4) is 0 Å². The van der Waals surface area contributed by atoms with Crippen molar-refractivity contribution in [3.05, 3.63) is 0 Å². The van der Waals surface area contributed by atoms with Gasteiger partial charge in [0, 0.05) is 25.7 Å². The molecule has 0 radical (unpaired) electrons. The summed E-state index contributed by atoms with van der Waals surface area (Å²) in [7, 11) is 3.91. The second-order valence-electron chi connectivity index (χ2n) is 6.16. The molecule has 2 N–H and O–H groups in total. The summed E-state index contributed by atoms with van der Waals surface area (Å²) >= 11 is 0. The highest BCUT2D eigenvalue weighted by Crippen LogP contribution is 2.26. The Morgan fingerprint density at radius 2 is 2.05 bits per heavy atom. The highest BCUT2D eigenvalue weighted by atomic mass is 16.4. The largest absolute Gasteiger partial charge is 0.481 e. The number of nitrogens with zero attached hydrogens (tertiary/aromatic N) is 2. The number of nitrogens with one attached hydrogen (secondary N) is 1. The zero-order valence-electron chi connectivity index (χ0n) is 12.3. The molecule has 2 fully saturated rings. The number of carboxylic acid groups (broad SMARTS) is 1. The average Bonchev–Trinajstić information content (AvgIpc) is 2.86. The van der Waals surface area contributed by atoms with E-state index in [-0.39, 0.29) is 24.0 Å². The van der Waals surface area contributed by atoms with Gasteiger partial charge in [0.25, 0.3) is 0 Å². The van der Waals surface area contributed by atoms with Gasteiger partial charge in [0.2, 0.25) is 0 Å². The van der Waals surface area contributed by atoms with Gasteiger partial charge in [0.15, 0.2) is 0 Å². The molecule has 0 aromatic carbocycles. The summed E-state index contributed by atoms with van der Waals surface area (Å²) in [5.41, 5.74) is 0. The molecule has 1 heterocycles. The van der Waals surface area contributed by atoms with E-state index in [9.17, 15) is 9.59 Å². The van der Waals surface area contributed by atoms with Crippen molar-refractivity contribution in [1.82, 2.24) is 15.1 Å². The molecule has 0 bridgehead atoms. The maximum Gasteiger partial charge on any atom is 0.317 e. The SMILES string of the molecule is CN1CCCC(N(C)C(=O)NC2CCC(C(=O)O)C2)C1. The highest BCUT2D eigenvalue weighted by Gasteiger charge is 2.32. The molecule has 3 unspecified atom stereocenters. The standard InChI is InChI=1S/C14H25N3O3/c1-16-7-3-4-12(9-16)17(2)14(20)15-11-6-5-10(8-11)13(18)19/h10-12H,3-9H2,1-2H3,(H,15,20)(H,18,19). The van der Waals surface area contributed by atoms with E-state index in [1.807, 2.05) is 7.05 Å². The van der Waals surface area contributed by atoms with Gasteiger partial charge in [-0.1, -0.05) is 0 Å². The van der Waals surface area contributed by atoms with Gasteiger partial charge >= 0.3 is 12.0 Å². The fourth-order valence-electron chi connectivity index (χ4n) is 3.23. The van der Waals surface area contributed by atoms with Gasteiger partial charge in [0.1, 0.15) is 0 Å². The van der Waals surface area contributed by atoms with E-state index in [1.165, 1.54) is 0 Å². The lowest BCUT2D eigenvalue weighted by Crippen LogP contribution is -2.52. The Kier molecular flexibility index (Phi) is 4.86. The lowest BCUT2D eigenvalue weighted by atomic mass is 10.1. The first kappa shape index (κ1) is 15.1. The van der Waals surface area contributed by atoms with Crippen LogP contribution in [0.4, 0.5) is 4.79 Å². The van der Waals surface area contributed by atoms with Crippen LogP contribution in [0.2, 0.25) is 0 Å². The number of urea groups is 1. The third kappa shape index (κ3) is 3.62. The normalized spacial score (nSPS) is 31.0. The van der Waals surface area contributed by atoms with Crippen LogP contribution in [0.15, 0.2) is 0 Å². The number of carbonyl (C=O) groups is 2. The molecule has 114 valence electrons. The number of likely N-dealkylation sites (N-methyl/N-ethyl adjacent to an activating group) is 2. The van der Waals surface area contributed by atoms with Crippen LogP contribution >= 0.6 is 0 Å². The number of carboxylic acids is 1. The molecular formula is C14H25N3O3. The van der Waals surface area contributed by atoms with Gasteiger partial charge in [-0.15, -0.1) is 0 Å². The molecule has 2 aliphatic rings. The summed E-state index contributed by atoms with van der Waals surface area (Å²) < 4.78 is 0. The van der Waals surface area contributed by atoms with E-state index < -0.39 is 5.97 Å². The molecule has 1 aliphatic heterocycles. The molecule has 3 atom stereocenters. The molecule has 2 rings (SSSR count). The summed E-state index contributed by atoms with van der Waals surface area (Å²) in [5, 5.41) is 12.0. The zero-order chi connectivity index (χ0) is 14.7. The number of aliphatic carboxylic acids is 1. The van der Waals surface area contributed by atoms with Gasteiger partial charge in [-0.05, 0) is 45.7 Å². The van der Waals surface area contributed by atoms with Crippen LogP contribution in [0.25, 0.3) is 0 Å². The van der Waals surface area contributed by atoms with E-state index in [0.29, 0.717) is 12.8 Å². The molecule has 6 heteroatoms. The number of rotatable bonds is 3. The third-order valence-corrected chi connectivity index (χ3v) is 4.58. The van der Waals surface area contributed by atoms with E-state index in [0.717, 1.165) is 32.4 Å². The second kappa shape index (κ2) is 6.43. The maximum absolute atomic E-state index is 12.2. The van der Waals surface area contributed by atoms with Crippen molar-refractivity contribution in [2.24, 2.45) is 5.92 Å². The first-order valence-corrected chi connectivity index (χ1v) is 7.42. The number of piperidine rings is 1. The minimum atomic E-state index is -0.746. The molecule has 1 saturated carbocycles. The minimum Gasteiger partial charge on any atom is -0.481 e. The second-order valence-corrected chi connectivity index (χ2v) is 6.16. The Hall–Kier alpha value is -1.30. The van der Waals surface area contributed by atoms with Crippen LogP contribution in [0.3, 0.4) is 0 Å². The van der Waals surface area contributed by atoms with E-state index in [1.54, 1.807) is 4.90 Å². The van der Waals surface area contributed by atoms with E-state index >= 15 is 0 Å². The molecule has 0 aromatic heterocycles. The van der Waals surface area contributed by atoms with Gasteiger partial charge in [-0.3, -0.25) is 4.79 Å². The average molecular weight is 283 g/mol. The lowest BCUT2D eigenvalue weighted by molar-refractivity contribution is -0.141. The van der Waals surface area contributed by atoms with Crippen LogP contribution in [-0.4, -0.2) is 66.2 Å². The number of likely N-dealkylation sites (tertiary alicyclic amines) is 1. The zero-order valence-corrected chi connectivity index (χ0v) is 12.3. The molecule has 20 heavy (non-hydrogen) atoms. The minimum absolute atomic E-state index is 0.00682. The predicted molar refractivity (Wildman–Crippen MR) is 75.6 cm³/mol. The first-order valence-electron chi connectivity index (χ1n) is 7.42. The Morgan fingerprint density at radius 3 is 2.65 bits per heavy atom. The fourth-order valence-corrected chi connectivity index (χ4v) is 3.23. The topological polar surface area (TPSA) is 72.9 Å². The summed E-state index contributed by atoms with van der Waals surface area (Å²) in [6, 6.07) is 0.194. The Morgan fingerprint density at radius 1 is 1.30 bits per heavy atom. The smallest absolute Gasteiger partial charge is 0.317 e. The van der Waals surface area contributed by atoms with Crippen LogP contribution in [0.1, 0.15) is 32.1 Å². The van der Waals surface area contributed by atoms with Crippen LogP contribution in [0.5, 0.6) is 0 Å². The third-order valence-electron chi connectivity index (χ3n) is 4.58. The first-order chi connectivity index (χ1) is 9.47. The Bertz CT molecular complexity index is 375. The van der Waals surface area contributed by atoms with Gasteiger partial charge in [0.05, 0.1) is 5.92 Å². The van der Waals surface area contributed by atoms with Gasteiger partial charge in [-0.2, -0.15) is 0 Å². The van der Waals surface area contributed by atoms with Crippen molar-refractivity contribution in [2.75, 3.05) is 27.2 Å².